The lowest BCUT2D eigenvalue weighted by atomic mass is 10.0. The van der Waals surface area contributed by atoms with Gasteiger partial charge in [0.25, 0.3) is 0 Å². The third-order valence-corrected chi connectivity index (χ3v) is 3.16. The van der Waals surface area contributed by atoms with E-state index in [1.54, 1.807) is 0 Å². The topological polar surface area (TPSA) is 61.3 Å². The van der Waals surface area contributed by atoms with Crippen molar-refractivity contribution in [2.45, 2.75) is 25.1 Å². The summed E-state index contributed by atoms with van der Waals surface area (Å²) in [6, 6.07) is 3.30. The molecule has 0 aromatic heterocycles. The highest BCUT2D eigenvalue weighted by atomic mass is 19.4. The molecule has 4 N–H and O–H groups in total. The number of hydrogen-bond acceptors (Lipinski definition) is 3. The molecule has 106 valence electrons. The molecule has 0 aliphatic heterocycles. The molecule has 1 saturated carbocycles. The van der Waals surface area contributed by atoms with Gasteiger partial charge in [-0.3, -0.25) is 0 Å². The van der Waals surface area contributed by atoms with Gasteiger partial charge in [-0.05, 0) is 36.5 Å². The van der Waals surface area contributed by atoms with E-state index < -0.39 is 17.8 Å². The Bertz CT molecular complexity index is 444. The maximum absolute atomic E-state index is 13.0. The van der Waals surface area contributed by atoms with Crippen molar-refractivity contribution in [1.82, 2.24) is 0 Å². The summed E-state index contributed by atoms with van der Waals surface area (Å²) in [6.45, 7) is 0.435. The second-order valence-electron chi connectivity index (χ2n) is 4.85. The molecule has 0 radical (unpaired) electrons. The second kappa shape index (κ2) is 5.38. The normalized spacial score (nSPS) is 17.3. The monoisotopic (exact) mass is 274 g/mol. The fourth-order valence-corrected chi connectivity index (χ4v) is 1.75. The lowest BCUT2D eigenvalue weighted by Crippen LogP contribution is -2.21. The third kappa shape index (κ3) is 3.61. The zero-order chi connectivity index (χ0) is 14.0. The maximum Gasteiger partial charge on any atom is 0.419 e. The molecule has 1 aliphatic rings. The van der Waals surface area contributed by atoms with Crippen LogP contribution in [-0.4, -0.2) is 13.2 Å². The molecule has 0 bridgehead atoms. The van der Waals surface area contributed by atoms with E-state index >= 15 is 0 Å². The van der Waals surface area contributed by atoms with Gasteiger partial charge < -0.3 is 16.2 Å². The number of hydrogen-bond donors (Lipinski definition) is 2. The first kappa shape index (κ1) is 14.1. The van der Waals surface area contributed by atoms with Crippen LogP contribution in [0.1, 0.15) is 30.0 Å². The maximum atomic E-state index is 13.0. The van der Waals surface area contributed by atoms with E-state index in [2.05, 4.69) is 0 Å². The zero-order valence-corrected chi connectivity index (χ0v) is 10.4. The smallest absolute Gasteiger partial charge is 0.419 e. The van der Waals surface area contributed by atoms with Gasteiger partial charge in [0.05, 0.1) is 12.2 Å². The van der Waals surface area contributed by atoms with Gasteiger partial charge in [-0.25, -0.2) is 0 Å². The van der Waals surface area contributed by atoms with Crippen molar-refractivity contribution in [3.8, 4) is 5.75 Å². The molecule has 3 nitrogen and oxygen atoms in total. The zero-order valence-electron chi connectivity index (χ0n) is 10.4. The van der Waals surface area contributed by atoms with Gasteiger partial charge in [-0.15, -0.1) is 0 Å². The highest BCUT2D eigenvalue weighted by Crippen LogP contribution is 2.38. The molecule has 6 heteroatoms. The van der Waals surface area contributed by atoms with Crippen molar-refractivity contribution >= 4 is 0 Å². The molecule has 2 rings (SSSR count). The number of alkyl halides is 3. The number of rotatable bonds is 5. The minimum absolute atomic E-state index is 0.0968. The Balaban J connectivity index is 2.25. The highest BCUT2D eigenvalue weighted by Gasteiger charge is 2.35. The molecule has 1 aromatic rings. The van der Waals surface area contributed by atoms with Crippen LogP contribution >= 0.6 is 0 Å². The molecule has 1 aliphatic carbocycles. The first-order valence-corrected chi connectivity index (χ1v) is 6.21. The lowest BCUT2D eigenvalue weighted by Gasteiger charge is -2.17. The van der Waals surface area contributed by atoms with Gasteiger partial charge in [-0.1, -0.05) is 6.07 Å². The number of halogens is 3. The van der Waals surface area contributed by atoms with Crippen molar-refractivity contribution in [1.29, 1.82) is 0 Å². The van der Waals surface area contributed by atoms with Crippen LogP contribution in [0.15, 0.2) is 18.2 Å². The lowest BCUT2D eigenvalue weighted by molar-refractivity contribution is -0.139. The Kier molecular flexibility index (Phi) is 4.01. The van der Waals surface area contributed by atoms with Gasteiger partial charge in [0.2, 0.25) is 0 Å². The Labute approximate surface area is 109 Å². The number of benzene rings is 1. The average Bonchev–Trinajstić information content (AvgIpc) is 3.18. The summed E-state index contributed by atoms with van der Waals surface area (Å²) in [5, 5.41) is 0. The van der Waals surface area contributed by atoms with Crippen LogP contribution in [0.25, 0.3) is 0 Å². The fraction of sp³-hybridized carbons (Fsp3) is 0.538. The molecule has 19 heavy (non-hydrogen) atoms. The predicted octanol–water partition coefficient (Wildman–Crippen LogP) is 2.45. The third-order valence-electron chi connectivity index (χ3n) is 3.16. The van der Waals surface area contributed by atoms with Crippen LogP contribution < -0.4 is 16.2 Å². The number of ether oxygens (including phenoxy) is 1. The van der Waals surface area contributed by atoms with Crippen molar-refractivity contribution in [2.75, 3.05) is 13.2 Å². The van der Waals surface area contributed by atoms with Crippen LogP contribution in [0.4, 0.5) is 13.2 Å². The summed E-state index contributed by atoms with van der Waals surface area (Å²) in [7, 11) is 0. The van der Waals surface area contributed by atoms with Crippen LogP contribution in [0.5, 0.6) is 5.75 Å². The van der Waals surface area contributed by atoms with E-state index in [0.717, 1.165) is 18.9 Å². The van der Waals surface area contributed by atoms with Crippen LogP contribution in [0.2, 0.25) is 0 Å². The molecule has 1 unspecified atom stereocenters. The van der Waals surface area contributed by atoms with Crippen LogP contribution in [0, 0.1) is 5.92 Å². The SMILES string of the molecule is NCC(N)c1ccc(OCC2CC2)c(C(F)(F)F)c1. The van der Waals surface area contributed by atoms with Crippen molar-refractivity contribution in [3.05, 3.63) is 29.3 Å². The summed E-state index contributed by atoms with van der Waals surface area (Å²) >= 11 is 0. The molecule has 0 saturated heterocycles. The summed E-state index contributed by atoms with van der Waals surface area (Å²) in [4.78, 5) is 0. The second-order valence-corrected chi connectivity index (χ2v) is 4.85. The highest BCUT2D eigenvalue weighted by molar-refractivity contribution is 5.40. The van der Waals surface area contributed by atoms with Gasteiger partial charge >= 0.3 is 6.18 Å². The Morgan fingerprint density at radius 3 is 2.53 bits per heavy atom. The minimum Gasteiger partial charge on any atom is -0.493 e. The predicted molar refractivity (Wildman–Crippen MR) is 65.6 cm³/mol. The molecule has 1 fully saturated rings. The molecule has 1 aromatic carbocycles. The van der Waals surface area contributed by atoms with E-state index in [1.807, 2.05) is 0 Å². The quantitative estimate of drug-likeness (QED) is 0.867. The van der Waals surface area contributed by atoms with Gasteiger partial charge in [0, 0.05) is 12.6 Å². The van der Waals surface area contributed by atoms with E-state index in [-0.39, 0.29) is 12.3 Å². The van der Waals surface area contributed by atoms with Crippen molar-refractivity contribution in [3.63, 3.8) is 0 Å². The molecular formula is C13H17F3N2O. The largest absolute Gasteiger partial charge is 0.493 e. The number of nitrogens with two attached hydrogens (primary N) is 2. The van der Waals surface area contributed by atoms with Gasteiger partial charge in [0.1, 0.15) is 5.75 Å². The fourth-order valence-electron chi connectivity index (χ4n) is 1.75. The van der Waals surface area contributed by atoms with Gasteiger partial charge in [0.15, 0.2) is 0 Å². The standard InChI is InChI=1S/C13H17F3N2O/c14-13(15,16)10-5-9(11(18)6-17)3-4-12(10)19-7-8-1-2-8/h3-5,8,11H,1-2,6-7,17-18H2. The molecular weight excluding hydrogens is 257 g/mol. The Hall–Kier alpha value is -1.27. The van der Waals surface area contributed by atoms with Crippen molar-refractivity contribution in [2.24, 2.45) is 17.4 Å². The van der Waals surface area contributed by atoms with E-state index in [1.165, 1.54) is 12.1 Å². The summed E-state index contributed by atoms with van der Waals surface area (Å²) in [6.07, 6.45) is -2.40. The van der Waals surface area contributed by atoms with E-state index in [0.29, 0.717) is 18.1 Å². The molecule has 0 spiro atoms. The first-order valence-electron chi connectivity index (χ1n) is 6.21. The Morgan fingerprint density at radius 2 is 2.00 bits per heavy atom. The minimum atomic E-state index is -4.46. The summed E-state index contributed by atoms with van der Waals surface area (Å²) in [5.74, 6) is 0.263. The summed E-state index contributed by atoms with van der Waals surface area (Å²) < 4.78 is 44.2. The Morgan fingerprint density at radius 1 is 1.32 bits per heavy atom. The molecule has 1 atom stereocenters. The van der Waals surface area contributed by atoms with Crippen molar-refractivity contribution < 1.29 is 17.9 Å². The summed E-state index contributed by atoms with van der Waals surface area (Å²) in [5.41, 5.74) is 10.6. The molecule has 0 amide bonds. The first-order chi connectivity index (χ1) is 8.91. The average molecular weight is 274 g/mol. The van der Waals surface area contributed by atoms with E-state index in [4.69, 9.17) is 16.2 Å². The van der Waals surface area contributed by atoms with E-state index in [9.17, 15) is 13.2 Å². The molecule has 0 heterocycles. The van der Waals surface area contributed by atoms with Gasteiger partial charge in [-0.2, -0.15) is 13.2 Å². The van der Waals surface area contributed by atoms with Crippen LogP contribution in [0.3, 0.4) is 0 Å². The van der Waals surface area contributed by atoms with Crippen LogP contribution in [-0.2, 0) is 6.18 Å².